The highest BCUT2D eigenvalue weighted by atomic mass is 32.1. The lowest BCUT2D eigenvalue weighted by Crippen LogP contribution is -2.21. The van der Waals surface area contributed by atoms with Gasteiger partial charge in [-0.1, -0.05) is 35.6 Å². The van der Waals surface area contributed by atoms with Crippen molar-refractivity contribution >= 4 is 49.5 Å². The van der Waals surface area contributed by atoms with E-state index < -0.39 is 18.5 Å². The second-order valence-corrected chi connectivity index (χ2v) is 8.91. The highest BCUT2D eigenvalue weighted by molar-refractivity contribution is 7.22. The fraction of sp³-hybridized carbons (Fsp3) is 0.115. The van der Waals surface area contributed by atoms with E-state index in [-0.39, 0.29) is 0 Å². The number of thiazole rings is 1. The van der Waals surface area contributed by atoms with Gasteiger partial charge < -0.3 is 4.74 Å². The van der Waals surface area contributed by atoms with Crippen molar-refractivity contribution in [1.29, 1.82) is 0 Å². The Morgan fingerprint density at radius 2 is 1.79 bits per heavy atom. The third kappa shape index (κ3) is 4.35. The molecule has 1 amide bonds. The molecule has 0 unspecified atom stereocenters. The van der Waals surface area contributed by atoms with Crippen molar-refractivity contribution < 1.29 is 14.3 Å². The monoisotopic (exact) mass is 468 g/mol. The Kier molecular flexibility index (Phi) is 5.73. The number of benzene rings is 2. The number of aromatic nitrogens is 3. The molecule has 2 aromatic carbocycles. The number of amides is 1. The van der Waals surface area contributed by atoms with E-state index in [9.17, 15) is 9.59 Å². The van der Waals surface area contributed by atoms with E-state index >= 15 is 0 Å². The Morgan fingerprint density at radius 3 is 2.62 bits per heavy atom. The smallest absolute Gasteiger partial charge is 0.339 e. The molecule has 1 N–H and O–H groups in total. The SMILES string of the molecule is Cc1cc(C)c2nc(NC(=O)COC(=O)c3cc(-c4ccncc4)nc4ccccc34)sc2c1. The van der Waals surface area contributed by atoms with Crippen LogP contribution in [0.2, 0.25) is 0 Å². The van der Waals surface area contributed by atoms with Crippen LogP contribution in [0.4, 0.5) is 5.13 Å². The first-order chi connectivity index (χ1) is 16.5. The van der Waals surface area contributed by atoms with Gasteiger partial charge in [-0.2, -0.15) is 0 Å². The van der Waals surface area contributed by atoms with Crippen LogP contribution < -0.4 is 5.32 Å². The van der Waals surface area contributed by atoms with Gasteiger partial charge in [-0.15, -0.1) is 0 Å². The van der Waals surface area contributed by atoms with E-state index in [0.29, 0.717) is 27.3 Å². The third-order valence-corrected chi connectivity index (χ3v) is 6.24. The summed E-state index contributed by atoms with van der Waals surface area (Å²) in [4.78, 5) is 38.6. The average Bonchev–Trinajstić information content (AvgIpc) is 3.25. The molecule has 0 bridgehead atoms. The molecule has 7 nitrogen and oxygen atoms in total. The van der Waals surface area contributed by atoms with Gasteiger partial charge in [0.15, 0.2) is 11.7 Å². The molecule has 0 aliphatic heterocycles. The highest BCUT2D eigenvalue weighted by Crippen LogP contribution is 2.29. The van der Waals surface area contributed by atoms with Crippen LogP contribution in [0, 0.1) is 13.8 Å². The van der Waals surface area contributed by atoms with Gasteiger partial charge in [-0.3, -0.25) is 15.1 Å². The predicted molar refractivity (Wildman–Crippen MR) is 133 cm³/mol. The van der Waals surface area contributed by atoms with Crippen LogP contribution >= 0.6 is 11.3 Å². The van der Waals surface area contributed by atoms with Crippen LogP contribution in [0.1, 0.15) is 21.5 Å². The summed E-state index contributed by atoms with van der Waals surface area (Å²) in [7, 11) is 0. The number of pyridine rings is 2. The number of esters is 1. The molecule has 0 aliphatic rings. The van der Waals surface area contributed by atoms with E-state index in [1.165, 1.54) is 11.3 Å². The van der Waals surface area contributed by atoms with E-state index in [1.54, 1.807) is 24.5 Å². The lowest BCUT2D eigenvalue weighted by Gasteiger charge is -2.10. The summed E-state index contributed by atoms with van der Waals surface area (Å²) in [5.74, 6) is -1.05. The molecule has 0 atom stereocenters. The Bertz CT molecular complexity index is 1550. The number of hydrogen-bond donors (Lipinski definition) is 1. The van der Waals surface area contributed by atoms with Crippen molar-refractivity contribution in [1.82, 2.24) is 15.0 Å². The van der Waals surface area contributed by atoms with Crippen molar-refractivity contribution in [3.05, 3.63) is 83.7 Å². The number of anilines is 1. The Labute approximate surface area is 199 Å². The molecule has 168 valence electrons. The fourth-order valence-corrected chi connectivity index (χ4v) is 4.86. The molecule has 0 saturated carbocycles. The maximum atomic E-state index is 13.0. The molecule has 0 aliphatic carbocycles. The summed E-state index contributed by atoms with van der Waals surface area (Å²) in [5, 5.41) is 3.86. The Morgan fingerprint density at radius 1 is 1.00 bits per heavy atom. The van der Waals surface area contributed by atoms with Crippen molar-refractivity contribution in [2.24, 2.45) is 0 Å². The molecular weight excluding hydrogens is 448 g/mol. The minimum Gasteiger partial charge on any atom is -0.452 e. The van der Waals surface area contributed by atoms with Gasteiger partial charge in [0.25, 0.3) is 5.91 Å². The second-order valence-electron chi connectivity index (χ2n) is 7.88. The van der Waals surface area contributed by atoms with Crippen LogP contribution in [0.5, 0.6) is 0 Å². The number of nitrogens with one attached hydrogen (secondary N) is 1. The van der Waals surface area contributed by atoms with Gasteiger partial charge in [0.2, 0.25) is 0 Å². The maximum absolute atomic E-state index is 13.0. The number of aryl methyl sites for hydroxylation is 2. The number of rotatable bonds is 5. The van der Waals surface area contributed by atoms with E-state index in [0.717, 1.165) is 26.9 Å². The normalized spacial score (nSPS) is 11.0. The maximum Gasteiger partial charge on any atom is 0.339 e. The van der Waals surface area contributed by atoms with E-state index in [1.807, 2.05) is 50.2 Å². The summed E-state index contributed by atoms with van der Waals surface area (Å²) in [6.07, 6.45) is 3.33. The van der Waals surface area contributed by atoms with Gasteiger partial charge in [0.05, 0.1) is 27.0 Å². The summed E-state index contributed by atoms with van der Waals surface area (Å²) in [6, 6.07) is 16.7. The first kappa shape index (κ1) is 21.7. The molecule has 0 spiro atoms. The van der Waals surface area contributed by atoms with Crippen LogP contribution in [-0.4, -0.2) is 33.4 Å². The predicted octanol–water partition coefficient (Wildman–Crippen LogP) is 5.32. The number of ether oxygens (including phenoxy) is 1. The zero-order valence-electron chi connectivity index (χ0n) is 18.5. The third-order valence-electron chi connectivity index (χ3n) is 5.32. The zero-order valence-corrected chi connectivity index (χ0v) is 19.3. The summed E-state index contributed by atoms with van der Waals surface area (Å²) in [6.45, 7) is 3.59. The number of para-hydroxylation sites is 1. The lowest BCUT2D eigenvalue weighted by molar-refractivity contribution is -0.119. The molecule has 0 radical (unpaired) electrons. The standard InChI is InChI=1S/C26H20N4O3S/c1-15-11-16(2)24-22(12-15)34-26(30-24)29-23(31)14-33-25(32)19-13-21(17-7-9-27-10-8-17)28-20-6-4-3-5-18(19)20/h3-13H,14H2,1-2H3,(H,29,30,31). The largest absolute Gasteiger partial charge is 0.452 e. The van der Waals surface area contributed by atoms with Gasteiger partial charge in [-0.05, 0) is 55.3 Å². The van der Waals surface area contributed by atoms with Gasteiger partial charge in [0.1, 0.15) is 0 Å². The molecule has 0 saturated heterocycles. The van der Waals surface area contributed by atoms with E-state index in [2.05, 4.69) is 26.3 Å². The second kappa shape index (κ2) is 8.99. The molecule has 5 rings (SSSR count). The number of carbonyl (C=O) groups excluding carboxylic acids is 2. The number of hydrogen-bond acceptors (Lipinski definition) is 7. The van der Waals surface area contributed by atoms with Crippen molar-refractivity contribution in [2.45, 2.75) is 13.8 Å². The molecule has 3 aromatic heterocycles. The highest BCUT2D eigenvalue weighted by Gasteiger charge is 2.17. The van der Waals surface area contributed by atoms with Crippen LogP contribution in [0.3, 0.4) is 0 Å². The molecular formula is C26H20N4O3S. The average molecular weight is 469 g/mol. The molecule has 5 aromatic rings. The minimum absolute atomic E-state index is 0.344. The number of carbonyl (C=O) groups is 2. The van der Waals surface area contributed by atoms with Gasteiger partial charge in [-0.25, -0.2) is 14.8 Å². The van der Waals surface area contributed by atoms with Crippen LogP contribution in [-0.2, 0) is 9.53 Å². The van der Waals surface area contributed by atoms with Crippen molar-refractivity contribution in [3.63, 3.8) is 0 Å². The molecule has 3 heterocycles. The molecule has 0 fully saturated rings. The molecule has 8 heteroatoms. The van der Waals surface area contributed by atoms with Crippen molar-refractivity contribution in [3.8, 4) is 11.3 Å². The first-order valence-electron chi connectivity index (χ1n) is 10.6. The topological polar surface area (TPSA) is 94.1 Å². The summed E-state index contributed by atoms with van der Waals surface area (Å²) < 4.78 is 6.36. The number of nitrogens with zero attached hydrogens (tertiary/aromatic N) is 3. The van der Waals surface area contributed by atoms with Crippen LogP contribution in [0.25, 0.3) is 32.4 Å². The molecule has 34 heavy (non-hydrogen) atoms. The lowest BCUT2D eigenvalue weighted by atomic mass is 10.0. The fourth-order valence-electron chi connectivity index (χ4n) is 3.80. The van der Waals surface area contributed by atoms with E-state index in [4.69, 9.17) is 4.74 Å². The Balaban J connectivity index is 1.35. The van der Waals surface area contributed by atoms with Gasteiger partial charge >= 0.3 is 5.97 Å². The first-order valence-corrected chi connectivity index (χ1v) is 11.4. The quantitative estimate of drug-likeness (QED) is 0.351. The number of fused-ring (bicyclic) bond motifs is 2. The zero-order chi connectivity index (χ0) is 23.7. The van der Waals surface area contributed by atoms with Crippen LogP contribution in [0.15, 0.2) is 67.0 Å². The van der Waals surface area contributed by atoms with Crippen molar-refractivity contribution in [2.75, 3.05) is 11.9 Å². The Hall–Kier alpha value is -4.17. The van der Waals surface area contributed by atoms with Gasteiger partial charge in [0, 0.05) is 23.3 Å². The summed E-state index contributed by atoms with van der Waals surface area (Å²) in [5.41, 5.74) is 5.50. The minimum atomic E-state index is -0.597. The summed E-state index contributed by atoms with van der Waals surface area (Å²) >= 11 is 1.39.